The maximum Gasteiger partial charge on any atom is 0.254 e. The Kier molecular flexibility index (Phi) is 5.62. The predicted octanol–water partition coefficient (Wildman–Crippen LogP) is 3.61. The Hall–Kier alpha value is -2.40. The number of carbonyl (C=O) groups is 1. The minimum absolute atomic E-state index is 0.132. The summed E-state index contributed by atoms with van der Waals surface area (Å²) in [5, 5.41) is 0. The molecule has 1 amide bonds. The van der Waals surface area contributed by atoms with Crippen LogP contribution in [-0.4, -0.2) is 52.5 Å². The van der Waals surface area contributed by atoms with E-state index in [2.05, 4.69) is 20.9 Å². The number of piperidine rings is 1. The molecule has 1 aromatic heterocycles. The zero-order valence-corrected chi connectivity index (χ0v) is 16.8. The summed E-state index contributed by atoms with van der Waals surface area (Å²) >= 11 is 0. The SMILES string of the molecule is CC(C)Oc1ccc(C(=O)N2C[C@H]3CC[C@@H]2CN(Cc2ccccn2)C3)cc1. The molecule has 0 N–H and O–H groups in total. The maximum absolute atomic E-state index is 13.2. The van der Waals surface area contributed by atoms with Crippen LogP contribution in [0.2, 0.25) is 0 Å². The van der Waals surface area contributed by atoms with Gasteiger partial charge in [0.25, 0.3) is 5.91 Å². The first-order chi connectivity index (χ1) is 13.6. The molecule has 28 heavy (non-hydrogen) atoms. The molecule has 148 valence electrons. The molecule has 0 aliphatic carbocycles. The second kappa shape index (κ2) is 8.31. The first-order valence-electron chi connectivity index (χ1n) is 10.3. The number of rotatable bonds is 5. The molecule has 1 aromatic carbocycles. The average Bonchev–Trinajstić information content (AvgIpc) is 2.99. The van der Waals surface area contributed by atoms with Crippen molar-refractivity contribution in [3.63, 3.8) is 0 Å². The maximum atomic E-state index is 13.2. The highest BCUT2D eigenvalue weighted by Crippen LogP contribution is 2.30. The second-order valence-electron chi connectivity index (χ2n) is 8.26. The molecular formula is C23H29N3O2. The van der Waals surface area contributed by atoms with Gasteiger partial charge in [-0.2, -0.15) is 0 Å². The van der Waals surface area contributed by atoms with Crippen LogP contribution in [0, 0.1) is 5.92 Å². The summed E-state index contributed by atoms with van der Waals surface area (Å²) in [6, 6.07) is 13.9. The monoisotopic (exact) mass is 379 g/mol. The van der Waals surface area contributed by atoms with E-state index in [1.165, 1.54) is 6.42 Å². The molecule has 2 bridgehead atoms. The van der Waals surface area contributed by atoms with Crippen LogP contribution in [0.4, 0.5) is 0 Å². The van der Waals surface area contributed by atoms with E-state index in [0.29, 0.717) is 5.92 Å². The fourth-order valence-corrected chi connectivity index (χ4v) is 4.39. The first-order valence-corrected chi connectivity index (χ1v) is 10.3. The molecule has 2 aromatic rings. The standard InChI is InChI=1S/C23H29N3O2/c1-17(2)28-22-10-7-19(8-11-22)23(27)26-14-18-6-9-21(26)16-25(13-18)15-20-5-3-4-12-24-20/h3-5,7-8,10-12,17-18,21H,6,9,13-16H2,1-2H3/t18-,21+/m0/s1. The third-order valence-corrected chi connectivity index (χ3v) is 5.63. The normalized spacial score (nSPS) is 22.3. The van der Waals surface area contributed by atoms with Gasteiger partial charge in [0.15, 0.2) is 0 Å². The molecule has 3 saturated heterocycles. The minimum atomic E-state index is 0.132. The van der Waals surface area contributed by atoms with Crippen molar-refractivity contribution >= 4 is 5.91 Å². The zero-order valence-electron chi connectivity index (χ0n) is 16.8. The van der Waals surface area contributed by atoms with Crippen LogP contribution in [0.5, 0.6) is 5.75 Å². The smallest absolute Gasteiger partial charge is 0.254 e. The van der Waals surface area contributed by atoms with Crippen LogP contribution >= 0.6 is 0 Å². The van der Waals surface area contributed by atoms with Crippen molar-refractivity contribution in [2.24, 2.45) is 5.92 Å². The van der Waals surface area contributed by atoms with Crippen LogP contribution in [0.3, 0.4) is 0 Å². The fourth-order valence-electron chi connectivity index (χ4n) is 4.39. The molecule has 0 saturated carbocycles. The van der Waals surface area contributed by atoms with Gasteiger partial charge in [-0.05, 0) is 69.0 Å². The van der Waals surface area contributed by atoms with Gasteiger partial charge in [0, 0.05) is 44.0 Å². The Balaban J connectivity index is 1.45. The molecule has 0 spiro atoms. The van der Waals surface area contributed by atoms with Gasteiger partial charge in [-0.15, -0.1) is 0 Å². The number of hydrogen-bond acceptors (Lipinski definition) is 4. The van der Waals surface area contributed by atoms with Gasteiger partial charge in [-0.25, -0.2) is 0 Å². The van der Waals surface area contributed by atoms with E-state index in [0.717, 1.165) is 49.6 Å². The number of amides is 1. The summed E-state index contributed by atoms with van der Waals surface area (Å²) in [4.78, 5) is 22.2. The molecule has 5 rings (SSSR count). The Bertz CT molecular complexity index is 791. The van der Waals surface area contributed by atoms with Crippen molar-refractivity contribution in [2.45, 2.75) is 45.4 Å². The summed E-state index contributed by atoms with van der Waals surface area (Å²) < 4.78 is 5.70. The van der Waals surface area contributed by atoms with E-state index in [4.69, 9.17) is 4.74 Å². The van der Waals surface area contributed by atoms with Crippen molar-refractivity contribution in [1.29, 1.82) is 0 Å². The number of carbonyl (C=O) groups excluding carboxylic acids is 1. The fraction of sp³-hybridized carbons (Fsp3) is 0.478. The van der Waals surface area contributed by atoms with Gasteiger partial charge in [0.1, 0.15) is 5.75 Å². The number of pyridine rings is 1. The van der Waals surface area contributed by atoms with E-state index in [1.807, 2.05) is 56.4 Å². The van der Waals surface area contributed by atoms with E-state index < -0.39 is 0 Å². The van der Waals surface area contributed by atoms with Crippen LogP contribution in [0.1, 0.15) is 42.7 Å². The van der Waals surface area contributed by atoms with Gasteiger partial charge >= 0.3 is 0 Å². The van der Waals surface area contributed by atoms with E-state index in [9.17, 15) is 4.79 Å². The zero-order chi connectivity index (χ0) is 19.5. The van der Waals surface area contributed by atoms with Crippen LogP contribution in [0.15, 0.2) is 48.7 Å². The number of aromatic nitrogens is 1. The number of fused-ring (bicyclic) bond motifs is 4. The topological polar surface area (TPSA) is 45.7 Å². The Morgan fingerprint density at radius 1 is 1.11 bits per heavy atom. The van der Waals surface area contributed by atoms with Crippen molar-refractivity contribution < 1.29 is 9.53 Å². The molecule has 3 aliphatic heterocycles. The summed E-state index contributed by atoms with van der Waals surface area (Å²) in [5.41, 5.74) is 1.85. The molecule has 5 nitrogen and oxygen atoms in total. The molecular weight excluding hydrogens is 350 g/mol. The molecule has 2 atom stereocenters. The third kappa shape index (κ3) is 4.36. The number of ether oxygens (including phenoxy) is 1. The molecule has 4 heterocycles. The van der Waals surface area contributed by atoms with E-state index in [1.54, 1.807) is 0 Å². The van der Waals surface area contributed by atoms with Crippen LogP contribution < -0.4 is 4.74 Å². The van der Waals surface area contributed by atoms with Gasteiger partial charge in [-0.1, -0.05) is 6.07 Å². The lowest BCUT2D eigenvalue weighted by Gasteiger charge is -2.36. The number of hydrogen-bond donors (Lipinski definition) is 0. The first kappa shape index (κ1) is 18.9. The summed E-state index contributed by atoms with van der Waals surface area (Å²) in [7, 11) is 0. The highest BCUT2D eigenvalue weighted by molar-refractivity contribution is 5.94. The lowest BCUT2D eigenvalue weighted by atomic mass is 9.94. The number of benzene rings is 1. The average molecular weight is 380 g/mol. The van der Waals surface area contributed by atoms with Gasteiger partial charge < -0.3 is 9.64 Å². The minimum Gasteiger partial charge on any atom is -0.491 e. The van der Waals surface area contributed by atoms with Crippen molar-refractivity contribution in [1.82, 2.24) is 14.8 Å². The number of nitrogens with zero attached hydrogens (tertiary/aromatic N) is 3. The van der Waals surface area contributed by atoms with Gasteiger partial charge in [0.2, 0.25) is 0 Å². The van der Waals surface area contributed by atoms with Gasteiger partial charge in [0.05, 0.1) is 11.8 Å². The quantitative estimate of drug-likeness (QED) is 0.796. The second-order valence-corrected chi connectivity index (χ2v) is 8.26. The molecule has 3 aliphatic rings. The largest absolute Gasteiger partial charge is 0.491 e. The highest BCUT2D eigenvalue weighted by atomic mass is 16.5. The van der Waals surface area contributed by atoms with E-state index in [-0.39, 0.29) is 18.1 Å². The van der Waals surface area contributed by atoms with Crippen LogP contribution in [0.25, 0.3) is 0 Å². The predicted molar refractivity (Wildman–Crippen MR) is 109 cm³/mol. The summed E-state index contributed by atoms with van der Waals surface area (Å²) in [6.45, 7) is 7.68. The Morgan fingerprint density at radius 2 is 1.93 bits per heavy atom. The Morgan fingerprint density at radius 3 is 2.64 bits per heavy atom. The summed E-state index contributed by atoms with van der Waals surface area (Å²) in [5.74, 6) is 1.49. The Labute approximate surface area is 167 Å². The van der Waals surface area contributed by atoms with Gasteiger partial charge in [-0.3, -0.25) is 14.7 Å². The van der Waals surface area contributed by atoms with Crippen molar-refractivity contribution in [3.8, 4) is 5.75 Å². The lowest BCUT2D eigenvalue weighted by Crippen LogP contribution is -2.47. The molecule has 0 unspecified atom stereocenters. The van der Waals surface area contributed by atoms with Crippen molar-refractivity contribution in [2.75, 3.05) is 19.6 Å². The molecule has 0 radical (unpaired) electrons. The van der Waals surface area contributed by atoms with Crippen LogP contribution in [-0.2, 0) is 6.54 Å². The summed E-state index contributed by atoms with van der Waals surface area (Å²) in [6.07, 6.45) is 4.27. The molecule has 5 heteroatoms. The molecule has 3 fully saturated rings. The van der Waals surface area contributed by atoms with E-state index >= 15 is 0 Å². The third-order valence-electron chi connectivity index (χ3n) is 5.63. The van der Waals surface area contributed by atoms with Crippen molar-refractivity contribution in [3.05, 3.63) is 59.9 Å². The highest BCUT2D eigenvalue weighted by Gasteiger charge is 2.37. The lowest BCUT2D eigenvalue weighted by molar-refractivity contribution is 0.0585.